The van der Waals surface area contributed by atoms with Crippen molar-refractivity contribution in [3.63, 3.8) is 0 Å². The van der Waals surface area contributed by atoms with Crippen molar-refractivity contribution in [3.05, 3.63) is 117 Å². The van der Waals surface area contributed by atoms with Crippen LogP contribution in [0.15, 0.2) is 64.0 Å². The summed E-state index contributed by atoms with van der Waals surface area (Å²) in [5.41, 5.74) is 2.87. The summed E-state index contributed by atoms with van der Waals surface area (Å²) in [5, 5.41) is 35.0. The Labute approximate surface area is 457 Å². The second-order valence-electron chi connectivity index (χ2n) is 17.2. The number of thiazole rings is 6. The van der Waals surface area contributed by atoms with E-state index in [1.54, 1.807) is 70.9 Å². The minimum Gasteiger partial charge on any atom is -0.464 e. The molecule has 1 aliphatic heterocycles. The van der Waals surface area contributed by atoms with Crippen LogP contribution in [-0.2, 0) is 25.7 Å². The third-order valence-corrected chi connectivity index (χ3v) is 17.4. The van der Waals surface area contributed by atoms with E-state index in [0.717, 1.165) is 11.3 Å². The molecule has 4 atom stereocenters. The number of ether oxygens (including phenoxy) is 2. The van der Waals surface area contributed by atoms with Gasteiger partial charge in [0.1, 0.15) is 76.4 Å². The molecule has 392 valence electrons. The Morgan fingerprint density at radius 1 is 0.697 bits per heavy atom. The van der Waals surface area contributed by atoms with Crippen molar-refractivity contribution >= 4 is 104 Å². The van der Waals surface area contributed by atoms with Crippen LogP contribution in [0.4, 0.5) is 0 Å². The van der Waals surface area contributed by atoms with Gasteiger partial charge in [-0.05, 0) is 30.5 Å². The molecule has 0 aliphatic carbocycles. The van der Waals surface area contributed by atoms with Crippen molar-refractivity contribution in [2.75, 3.05) is 27.8 Å². The maximum absolute atomic E-state index is 14.2. The Bertz CT molecular complexity index is 3470. The number of carbonyl (C=O) groups excluding carboxylic acids is 6. The number of hydrogen-bond acceptors (Lipinski definition) is 22. The summed E-state index contributed by atoms with van der Waals surface area (Å²) in [5.74, 6) is -3.69. The molecule has 1 aliphatic rings. The number of esters is 1. The number of nitrogens with zero attached hydrogens (tertiary/aromatic N) is 7. The molecule has 0 saturated carbocycles. The van der Waals surface area contributed by atoms with Gasteiger partial charge in [0.25, 0.3) is 17.7 Å². The molecule has 27 heteroatoms. The normalized spacial score (nSPS) is 16.8. The number of aliphatic hydroxyl groups is 1. The fourth-order valence-electron chi connectivity index (χ4n) is 7.78. The lowest BCUT2D eigenvalue weighted by Gasteiger charge is -2.23. The second kappa shape index (κ2) is 23.4. The minimum atomic E-state index is -1.26. The molecule has 4 unspecified atom stereocenters. The monoisotopic (exact) mass is 1140 g/mol. The van der Waals surface area contributed by atoms with Gasteiger partial charge in [-0.25, -0.2) is 39.7 Å². The molecule has 6 N–H and O–H groups in total. The van der Waals surface area contributed by atoms with Gasteiger partial charge in [-0.1, -0.05) is 44.2 Å². The van der Waals surface area contributed by atoms with Crippen LogP contribution in [0, 0.1) is 12.8 Å². The largest absolute Gasteiger partial charge is 0.464 e. The van der Waals surface area contributed by atoms with Crippen molar-refractivity contribution < 1.29 is 43.3 Å². The Kier molecular flexibility index (Phi) is 16.5. The molecule has 76 heavy (non-hydrogen) atoms. The van der Waals surface area contributed by atoms with Crippen molar-refractivity contribution in [2.24, 2.45) is 5.92 Å². The lowest BCUT2D eigenvalue weighted by atomic mass is 10.0. The number of pyridine rings is 1. The molecule has 0 saturated heterocycles. The van der Waals surface area contributed by atoms with Gasteiger partial charge in [-0.3, -0.25) is 24.0 Å². The van der Waals surface area contributed by atoms with E-state index in [1.807, 2.05) is 13.8 Å². The number of aliphatic hydroxyl groups excluding tert-OH is 1. The highest BCUT2D eigenvalue weighted by Crippen LogP contribution is 2.40. The van der Waals surface area contributed by atoms with Gasteiger partial charge >= 0.3 is 5.97 Å². The zero-order chi connectivity index (χ0) is 53.8. The quantitative estimate of drug-likeness (QED) is 0.0786. The van der Waals surface area contributed by atoms with Crippen molar-refractivity contribution in [1.29, 1.82) is 0 Å². The van der Waals surface area contributed by atoms with Crippen LogP contribution in [0.25, 0.3) is 43.4 Å². The van der Waals surface area contributed by atoms with Crippen LogP contribution in [0.1, 0.15) is 117 Å². The molecule has 5 amide bonds. The summed E-state index contributed by atoms with van der Waals surface area (Å²) < 4.78 is 10.3. The van der Waals surface area contributed by atoms with Gasteiger partial charge in [-0.2, -0.15) is 0 Å². The highest BCUT2D eigenvalue weighted by molar-refractivity contribution is 7.15. The number of aryl methyl sites for hydroxylation is 1. The molecule has 7 aromatic heterocycles. The summed E-state index contributed by atoms with van der Waals surface area (Å²) in [6, 6.07) is 9.51. The smallest absolute Gasteiger partial charge is 0.357 e. The van der Waals surface area contributed by atoms with Crippen LogP contribution in [0.5, 0.6) is 0 Å². The number of amides is 5. The SMILES string of the molecule is CNC(=O)CC1NC(=O)c2csc(n2)-c2ccc(-c3nc(C(=O)OC)cs3)nc2-c2csc(n2)-c2csc(n2)C(C(O)c2ccccc2)NC(=O)CNC(=O)c2nc(sc2COC)C(C(C)C)NC(=O)c2nc1sc2C. The highest BCUT2D eigenvalue weighted by Gasteiger charge is 2.33. The predicted molar refractivity (Wildman–Crippen MR) is 288 cm³/mol. The van der Waals surface area contributed by atoms with E-state index in [0.29, 0.717) is 73.7 Å². The van der Waals surface area contributed by atoms with Gasteiger partial charge in [0, 0.05) is 46.1 Å². The third-order valence-electron chi connectivity index (χ3n) is 11.6. The number of methoxy groups -OCH3 is 2. The van der Waals surface area contributed by atoms with Crippen molar-refractivity contribution in [2.45, 2.75) is 58.0 Å². The van der Waals surface area contributed by atoms with E-state index >= 15 is 0 Å². The number of carbonyl (C=O) groups is 6. The zero-order valence-corrected chi connectivity index (χ0v) is 46.1. The van der Waals surface area contributed by atoms with Crippen LogP contribution < -0.4 is 26.6 Å². The first kappa shape index (κ1) is 53.7. The minimum absolute atomic E-state index is 0.00356. The third kappa shape index (κ3) is 11.6. The standard InChI is InChI=1S/C49H46N12O9S6/c1-21(2)34-48-61-37(31(76-48)16-69-5)41(66)51-15-33(63)58-38(39(64)23-10-8-7-9-11-23)47-56-29(19-74-47)45-54-27(17-72-45)36-24(12-13-25(52-36)44-57-30(20-73-44)49(68)70-6)43-55-28(18-71-43)40(65)53-26(14-32(62)50-4)46-60-35(22(3)75-46)42(67)59-34/h7-13,17-21,26,34,38-39,64H,14-16H2,1-6H3,(H,50,62)(H,51,66)(H,53,65)(H,58,63)(H,59,67). The highest BCUT2D eigenvalue weighted by atomic mass is 32.1. The summed E-state index contributed by atoms with van der Waals surface area (Å²) in [6.07, 6.45) is -1.47. The molecular weight excluding hydrogens is 1090 g/mol. The Balaban J connectivity index is 1.14. The van der Waals surface area contributed by atoms with Gasteiger partial charge in [0.05, 0.1) is 49.3 Å². The summed E-state index contributed by atoms with van der Waals surface area (Å²) in [7, 11) is 4.21. The number of aromatic nitrogens is 7. The van der Waals surface area contributed by atoms with Crippen molar-refractivity contribution in [3.8, 4) is 43.4 Å². The molecule has 1 aromatic carbocycles. The van der Waals surface area contributed by atoms with Gasteiger partial charge in [-0.15, -0.1) is 68.0 Å². The van der Waals surface area contributed by atoms with E-state index in [4.69, 9.17) is 29.4 Å². The number of fused-ring (bicyclic) bond motifs is 14. The summed E-state index contributed by atoms with van der Waals surface area (Å²) in [6.45, 7) is 4.98. The maximum atomic E-state index is 14.2. The first-order valence-corrected chi connectivity index (χ1v) is 28.3. The first-order chi connectivity index (χ1) is 36.6. The Morgan fingerprint density at radius 2 is 1.41 bits per heavy atom. The summed E-state index contributed by atoms with van der Waals surface area (Å²) in [4.78, 5) is 116. The Hall–Kier alpha value is -7.11. The van der Waals surface area contributed by atoms with E-state index in [-0.39, 0.29) is 41.7 Å². The maximum Gasteiger partial charge on any atom is 0.357 e. The average molecular weight is 1140 g/mol. The number of benzene rings is 1. The molecule has 21 nitrogen and oxygen atoms in total. The van der Waals surface area contributed by atoms with Gasteiger partial charge in [0.15, 0.2) is 5.69 Å². The topological polar surface area (TPSA) is 291 Å². The number of hydrogen-bond donors (Lipinski definition) is 6. The van der Waals surface area contributed by atoms with Crippen LogP contribution in [0.2, 0.25) is 0 Å². The molecule has 0 spiro atoms. The average Bonchev–Trinajstić information content (AvgIpc) is 4.31. The molecule has 9 rings (SSSR count). The number of nitrogens with one attached hydrogen (secondary N) is 5. The van der Waals surface area contributed by atoms with E-state index < -0.39 is 66.3 Å². The zero-order valence-electron chi connectivity index (χ0n) is 41.2. The molecule has 10 bridgehead atoms. The van der Waals surface area contributed by atoms with E-state index in [9.17, 15) is 33.9 Å². The second-order valence-corrected chi connectivity index (χ2v) is 23.0. The predicted octanol–water partition coefficient (Wildman–Crippen LogP) is 7.10. The molecule has 0 radical (unpaired) electrons. The van der Waals surface area contributed by atoms with Crippen LogP contribution in [-0.4, -0.2) is 103 Å². The van der Waals surface area contributed by atoms with Gasteiger partial charge < -0.3 is 41.2 Å². The van der Waals surface area contributed by atoms with E-state index in [1.165, 1.54) is 78.0 Å². The first-order valence-electron chi connectivity index (χ1n) is 23.1. The molecule has 8 aromatic rings. The molecule has 8 heterocycles. The lowest BCUT2D eigenvalue weighted by molar-refractivity contribution is -0.122. The lowest BCUT2D eigenvalue weighted by Crippen LogP contribution is -2.40. The fourth-order valence-corrected chi connectivity index (χ4v) is 13.3. The number of rotatable bonds is 9. The van der Waals surface area contributed by atoms with Gasteiger partial charge in [0.2, 0.25) is 11.8 Å². The van der Waals surface area contributed by atoms with Crippen LogP contribution >= 0.6 is 68.0 Å². The molecular formula is C49H46N12O9S6. The fraction of sp³-hybridized carbons (Fsp3) is 0.286. The van der Waals surface area contributed by atoms with Crippen LogP contribution in [0.3, 0.4) is 0 Å². The molecule has 0 fully saturated rings. The van der Waals surface area contributed by atoms with Crippen molar-refractivity contribution in [1.82, 2.24) is 61.5 Å². The van der Waals surface area contributed by atoms with E-state index in [2.05, 4.69) is 41.5 Å². The summed E-state index contributed by atoms with van der Waals surface area (Å²) >= 11 is 7.16. The Morgan fingerprint density at radius 3 is 2.16 bits per heavy atom.